The zero-order valence-electron chi connectivity index (χ0n) is 18.8. The molecule has 6 nitrogen and oxygen atoms in total. The van der Waals surface area contributed by atoms with E-state index in [1.807, 2.05) is 0 Å². The predicted molar refractivity (Wildman–Crippen MR) is 116 cm³/mol. The molecule has 0 amide bonds. The summed E-state index contributed by atoms with van der Waals surface area (Å²) in [5.41, 5.74) is -1.13. The highest BCUT2D eigenvalue weighted by Gasteiger charge is 2.52. The SMILES string of the molecule is COC(=O)CCC[C@@H]1[C@H]2CCCN3CCC[C@H](CN1S(=O)(=O)c1ccccc1C(F)(F)F)[C@@H]23. The number of carbonyl (C=O) groups is 1. The Morgan fingerprint density at radius 1 is 1.15 bits per heavy atom. The fourth-order valence-corrected chi connectivity index (χ4v) is 8.17. The lowest BCUT2D eigenvalue weighted by Crippen LogP contribution is -2.65. The van der Waals surface area contributed by atoms with Gasteiger partial charge in [0, 0.05) is 25.0 Å². The van der Waals surface area contributed by atoms with E-state index in [-0.39, 0.29) is 36.8 Å². The van der Waals surface area contributed by atoms with Crippen molar-refractivity contribution in [3.05, 3.63) is 29.8 Å². The Morgan fingerprint density at radius 3 is 2.55 bits per heavy atom. The van der Waals surface area contributed by atoms with Crippen molar-refractivity contribution in [2.45, 2.75) is 68.1 Å². The van der Waals surface area contributed by atoms with Crippen LogP contribution in [0.4, 0.5) is 13.2 Å². The quantitative estimate of drug-likeness (QED) is 0.568. The highest BCUT2D eigenvalue weighted by Crippen LogP contribution is 2.46. The second kappa shape index (κ2) is 9.54. The van der Waals surface area contributed by atoms with Crippen LogP contribution in [0.5, 0.6) is 0 Å². The fourth-order valence-electron chi connectivity index (χ4n) is 6.20. The number of benzene rings is 1. The smallest absolute Gasteiger partial charge is 0.417 e. The van der Waals surface area contributed by atoms with Gasteiger partial charge in [0.1, 0.15) is 0 Å². The van der Waals surface area contributed by atoms with E-state index in [9.17, 15) is 26.4 Å². The van der Waals surface area contributed by atoms with E-state index in [1.165, 1.54) is 23.5 Å². The molecule has 3 saturated heterocycles. The van der Waals surface area contributed by atoms with E-state index in [0.717, 1.165) is 50.9 Å². The van der Waals surface area contributed by atoms with E-state index in [1.54, 1.807) is 0 Å². The predicted octanol–water partition coefficient (Wildman–Crippen LogP) is 3.91. The topological polar surface area (TPSA) is 66.9 Å². The molecular weight excluding hydrogens is 457 g/mol. The van der Waals surface area contributed by atoms with Crippen molar-refractivity contribution in [2.24, 2.45) is 11.8 Å². The number of hydrogen-bond acceptors (Lipinski definition) is 5. The van der Waals surface area contributed by atoms with Gasteiger partial charge < -0.3 is 4.74 Å². The second-order valence-corrected chi connectivity index (χ2v) is 11.2. The van der Waals surface area contributed by atoms with Crippen LogP contribution in [-0.4, -0.2) is 62.4 Å². The van der Waals surface area contributed by atoms with Crippen LogP contribution in [0.1, 0.15) is 50.5 Å². The summed E-state index contributed by atoms with van der Waals surface area (Å²) in [6.45, 7) is 2.18. The number of methoxy groups -OCH3 is 1. The molecule has 184 valence electrons. The standard InChI is InChI=1S/C23H31F3N2O4S/c1-32-21(29)12-4-10-19-17-8-6-14-27-13-5-7-16(22(17)27)15-28(19)33(30,31)20-11-3-2-9-18(20)23(24,25)26/h2-3,9,11,16-17,19,22H,4-8,10,12-15H2,1H3/t16-,17-,19-,22+/m1/s1. The molecule has 1 aromatic rings. The van der Waals surface area contributed by atoms with E-state index < -0.39 is 32.7 Å². The Balaban J connectivity index is 1.72. The van der Waals surface area contributed by atoms with Crippen molar-refractivity contribution in [1.82, 2.24) is 9.21 Å². The first-order valence-corrected chi connectivity index (χ1v) is 13.1. The molecule has 3 fully saturated rings. The molecule has 0 unspecified atom stereocenters. The van der Waals surface area contributed by atoms with Gasteiger partial charge in [-0.25, -0.2) is 8.42 Å². The molecule has 0 bridgehead atoms. The zero-order chi connectivity index (χ0) is 23.8. The molecule has 3 aliphatic heterocycles. The average molecular weight is 489 g/mol. The van der Waals surface area contributed by atoms with E-state index in [2.05, 4.69) is 4.90 Å². The van der Waals surface area contributed by atoms with Crippen molar-refractivity contribution < 1.29 is 31.1 Å². The average Bonchev–Trinajstić information content (AvgIpc) is 2.79. The van der Waals surface area contributed by atoms with Gasteiger partial charge in [-0.05, 0) is 75.6 Å². The van der Waals surface area contributed by atoms with Crippen LogP contribution >= 0.6 is 0 Å². The third kappa shape index (κ3) is 4.79. The zero-order valence-corrected chi connectivity index (χ0v) is 19.6. The number of rotatable bonds is 6. The first-order chi connectivity index (χ1) is 15.6. The Morgan fingerprint density at radius 2 is 1.85 bits per heavy atom. The number of piperidine rings is 3. The molecule has 0 aliphatic carbocycles. The summed E-state index contributed by atoms with van der Waals surface area (Å²) in [4.78, 5) is 13.4. The number of alkyl halides is 3. The minimum absolute atomic E-state index is 0.0447. The molecule has 4 atom stereocenters. The summed E-state index contributed by atoms with van der Waals surface area (Å²) < 4.78 is 74.7. The first kappa shape index (κ1) is 24.5. The van der Waals surface area contributed by atoms with Gasteiger partial charge in [-0.3, -0.25) is 9.69 Å². The number of halogens is 3. The van der Waals surface area contributed by atoms with Crippen LogP contribution in [0.15, 0.2) is 29.2 Å². The van der Waals surface area contributed by atoms with Crippen LogP contribution in [0, 0.1) is 11.8 Å². The fraction of sp³-hybridized carbons (Fsp3) is 0.696. The number of ether oxygens (including phenoxy) is 1. The first-order valence-electron chi connectivity index (χ1n) is 11.6. The van der Waals surface area contributed by atoms with E-state index >= 15 is 0 Å². The highest BCUT2D eigenvalue weighted by atomic mass is 32.2. The summed E-state index contributed by atoms with van der Waals surface area (Å²) in [5.74, 6) is -0.222. The lowest BCUT2D eigenvalue weighted by atomic mass is 9.70. The van der Waals surface area contributed by atoms with Gasteiger partial charge >= 0.3 is 12.1 Å². The van der Waals surface area contributed by atoms with Crippen LogP contribution in [0.25, 0.3) is 0 Å². The van der Waals surface area contributed by atoms with Gasteiger partial charge in [0.2, 0.25) is 10.0 Å². The van der Waals surface area contributed by atoms with Crippen molar-refractivity contribution in [1.29, 1.82) is 0 Å². The number of hydrogen-bond donors (Lipinski definition) is 0. The molecule has 1 aromatic carbocycles. The van der Waals surface area contributed by atoms with Crippen molar-refractivity contribution in [2.75, 3.05) is 26.7 Å². The number of esters is 1. The Labute approximate surface area is 193 Å². The van der Waals surface area contributed by atoms with Gasteiger partial charge in [0.05, 0.1) is 17.6 Å². The molecule has 3 heterocycles. The van der Waals surface area contributed by atoms with Crippen molar-refractivity contribution in [3.8, 4) is 0 Å². The van der Waals surface area contributed by atoms with Crippen molar-refractivity contribution in [3.63, 3.8) is 0 Å². The Kier molecular flexibility index (Phi) is 7.08. The minimum Gasteiger partial charge on any atom is -0.469 e. The van der Waals surface area contributed by atoms with Crippen LogP contribution in [0.3, 0.4) is 0 Å². The van der Waals surface area contributed by atoms with Gasteiger partial charge in [-0.2, -0.15) is 17.5 Å². The molecule has 3 aliphatic rings. The molecule has 33 heavy (non-hydrogen) atoms. The number of nitrogens with zero attached hydrogens (tertiary/aromatic N) is 2. The van der Waals surface area contributed by atoms with Gasteiger partial charge in [0.25, 0.3) is 0 Å². The molecular formula is C23H31F3N2O4S. The third-order valence-corrected chi connectivity index (χ3v) is 9.46. The number of sulfonamides is 1. The summed E-state index contributed by atoms with van der Waals surface area (Å²) in [5, 5.41) is 0. The normalized spacial score (nSPS) is 28.8. The molecule has 0 spiro atoms. The molecule has 0 saturated carbocycles. The highest BCUT2D eigenvalue weighted by molar-refractivity contribution is 7.89. The summed E-state index contributed by atoms with van der Waals surface area (Å²) in [7, 11) is -3.08. The Bertz CT molecular complexity index is 967. The van der Waals surface area contributed by atoms with Crippen LogP contribution in [-0.2, 0) is 25.7 Å². The maximum atomic E-state index is 13.8. The molecule has 4 rings (SSSR count). The molecule has 0 N–H and O–H groups in total. The lowest BCUT2D eigenvalue weighted by molar-refractivity contribution is -0.141. The maximum Gasteiger partial charge on any atom is 0.417 e. The minimum atomic E-state index is -4.77. The van der Waals surface area contributed by atoms with Crippen molar-refractivity contribution >= 4 is 16.0 Å². The van der Waals surface area contributed by atoms with Crippen LogP contribution < -0.4 is 0 Å². The molecule has 10 heteroatoms. The maximum absolute atomic E-state index is 13.8. The van der Waals surface area contributed by atoms with E-state index in [4.69, 9.17) is 4.74 Å². The van der Waals surface area contributed by atoms with E-state index in [0.29, 0.717) is 12.8 Å². The third-order valence-electron chi connectivity index (χ3n) is 7.51. The second-order valence-electron chi connectivity index (χ2n) is 9.34. The largest absolute Gasteiger partial charge is 0.469 e. The Hall–Kier alpha value is -1.65. The summed E-state index contributed by atoms with van der Waals surface area (Å²) in [6, 6.07) is 4.24. The summed E-state index contributed by atoms with van der Waals surface area (Å²) in [6.07, 6.45) is -0.142. The summed E-state index contributed by atoms with van der Waals surface area (Å²) >= 11 is 0. The van der Waals surface area contributed by atoms with Gasteiger partial charge in [0.15, 0.2) is 0 Å². The molecule has 0 radical (unpaired) electrons. The van der Waals surface area contributed by atoms with Crippen LogP contribution in [0.2, 0.25) is 0 Å². The molecule has 0 aromatic heterocycles. The van der Waals surface area contributed by atoms with Gasteiger partial charge in [-0.1, -0.05) is 12.1 Å². The number of carbonyl (C=O) groups excluding carboxylic acids is 1. The lowest BCUT2D eigenvalue weighted by Gasteiger charge is -2.57. The van der Waals surface area contributed by atoms with Gasteiger partial charge in [-0.15, -0.1) is 0 Å². The monoisotopic (exact) mass is 488 g/mol.